The van der Waals surface area contributed by atoms with E-state index < -0.39 is 16.8 Å². The second-order valence-corrected chi connectivity index (χ2v) is 15.7. The minimum atomic E-state index is -1.05. The number of epoxide rings is 1. The minimum Gasteiger partial charge on any atom is -0.462 e. The Labute approximate surface area is 283 Å². The van der Waals surface area contributed by atoms with Crippen LogP contribution in [0.25, 0.3) is 0 Å². The molecule has 258 valence electrons. The van der Waals surface area contributed by atoms with Gasteiger partial charge in [-0.3, -0.25) is 9.59 Å². The van der Waals surface area contributed by atoms with Crippen molar-refractivity contribution >= 4 is 11.8 Å². The van der Waals surface area contributed by atoms with Crippen LogP contribution in [0.3, 0.4) is 0 Å². The van der Waals surface area contributed by atoms with Crippen LogP contribution in [0.2, 0.25) is 0 Å². The average molecular weight is 647 g/mol. The molecule has 2 saturated carbocycles. The van der Waals surface area contributed by atoms with Crippen molar-refractivity contribution in [2.24, 2.45) is 10.8 Å². The summed E-state index contributed by atoms with van der Waals surface area (Å²) in [6.45, 7) is 21.5. The Morgan fingerprint density at radius 2 is 1.34 bits per heavy atom. The zero-order chi connectivity index (χ0) is 35.4. The van der Waals surface area contributed by atoms with E-state index in [2.05, 4.69) is 33.8 Å². The van der Waals surface area contributed by atoms with Crippen molar-refractivity contribution in [3.8, 4) is 0 Å². The first-order valence-electron chi connectivity index (χ1n) is 16.9. The molecule has 0 aromatic heterocycles. The van der Waals surface area contributed by atoms with Crippen LogP contribution in [0, 0.1) is 10.8 Å². The van der Waals surface area contributed by atoms with E-state index in [9.17, 15) is 19.8 Å². The number of hydrogen-bond donors (Lipinski definition) is 2. The Morgan fingerprint density at radius 1 is 0.787 bits per heavy atom. The predicted octanol–water partition coefficient (Wildman–Crippen LogP) is 8.54. The Hall–Kier alpha value is -3.06. The van der Waals surface area contributed by atoms with Gasteiger partial charge in [0, 0.05) is 26.2 Å². The smallest absolute Gasteiger partial charge is 0.302 e. The highest BCUT2D eigenvalue weighted by Gasteiger charge is 2.76. The van der Waals surface area contributed by atoms with Crippen molar-refractivity contribution < 1.29 is 29.3 Å². The van der Waals surface area contributed by atoms with Gasteiger partial charge in [0.15, 0.2) is 5.78 Å². The van der Waals surface area contributed by atoms with Crippen LogP contribution in [0.5, 0.6) is 0 Å². The molecular formula is C41H58O6. The first kappa shape index (κ1) is 38.4. The van der Waals surface area contributed by atoms with Gasteiger partial charge in [-0.2, -0.15) is 0 Å². The van der Waals surface area contributed by atoms with E-state index in [4.69, 9.17) is 9.47 Å². The van der Waals surface area contributed by atoms with Gasteiger partial charge in [-0.15, -0.1) is 0 Å². The van der Waals surface area contributed by atoms with E-state index in [0.29, 0.717) is 37.7 Å². The summed E-state index contributed by atoms with van der Waals surface area (Å²) < 4.78 is 11.6. The number of ketones is 1. The quantitative estimate of drug-likeness (QED) is 0.101. The van der Waals surface area contributed by atoms with Crippen LogP contribution < -0.4 is 0 Å². The van der Waals surface area contributed by atoms with Gasteiger partial charge in [-0.1, -0.05) is 111 Å². The van der Waals surface area contributed by atoms with Crippen molar-refractivity contribution in [1.82, 2.24) is 0 Å². The minimum absolute atomic E-state index is 0.0822. The van der Waals surface area contributed by atoms with Crippen LogP contribution in [0.15, 0.2) is 94.7 Å². The highest BCUT2D eigenvalue weighted by atomic mass is 16.6. The van der Waals surface area contributed by atoms with E-state index in [1.54, 1.807) is 6.92 Å². The van der Waals surface area contributed by atoms with Gasteiger partial charge >= 0.3 is 5.97 Å². The number of allylic oxidation sites excluding steroid dienone is 15. The summed E-state index contributed by atoms with van der Waals surface area (Å²) in [6, 6.07) is 0. The van der Waals surface area contributed by atoms with Crippen LogP contribution in [0.4, 0.5) is 0 Å². The van der Waals surface area contributed by atoms with Gasteiger partial charge in [-0.25, -0.2) is 0 Å². The van der Waals surface area contributed by atoms with E-state index in [0.717, 1.165) is 22.3 Å². The van der Waals surface area contributed by atoms with Crippen LogP contribution >= 0.6 is 0 Å². The average Bonchev–Trinajstić information content (AvgIpc) is 3.52. The number of esters is 1. The molecule has 0 bridgehead atoms. The molecule has 1 saturated heterocycles. The summed E-state index contributed by atoms with van der Waals surface area (Å²) >= 11 is 0. The van der Waals surface area contributed by atoms with Gasteiger partial charge in [0.05, 0.1) is 17.3 Å². The molecule has 6 nitrogen and oxygen atoms in total. The molecule has 6 heteroatoms. The number of aliphatic hydroxyl groups excluding tert-OH is 1. The predicted molar refractivity (Wildman–Crippen MR) is 191 cm³/mol. The monoisotopic (exact) mass is 646 g/mol. The summed E-state index contributed by atoms with van der Waals surface area (Å²) in [4.78, 5) is 24.6. The van der Waals surface area contributed by atoms with Gasteiger partial charge in [0.1, 0.15) is 11.7 Å². The zero-order valence-corrected chi connectivity index (χ0v) is 30.6. The largest absolute Gasteiger partial charge is 0.462 e. The summed E-state index contributed by atoms with van der Waals surface area (Å²) in [5.74, 6) is -0.234. The maximum absolute atomic E-state index is 13.1. The summed E-state index contributed by atoms with van der Waals surface area (Å²) in [5, 5.41) is 21.5. The molecule has 1 aliphatic heterocycles. The summed E-state index contributed by atoms with van der Waals surface area (Å²) in [5.41, 5.74) is 2.28. The Morgan fingerprint density at radius 3 is 1.87 bits per heavy atom. The summed E-state index contributed by atoms with van der Waals surface area (Å²) in [7, 11) is 0. The van der Waals surface area contributed by atoms with Gasteiger partial charge in [0.25, 0.3) is 0 Å². The molecule has 47 heavy (non-hydrogen) atoms. The number of rotatable bonds is 11. The highest BCUT2D eigenvalue weighted by Crippen LogP contribution is 2.67. The molecular weight excluding hydrogens is 588 g/mol. The molecule has 2 N–H and O–H groups in total. The first-order valence-corrected chi connectivity index (χ1v) is 16.9. The fraction of sp³-hybridized carbons (Fsp3) is 0.561. The Balaban J connectivity index is 1.54. The molecule has 1 heterocycles. The maximum atomic E-state index is 13.1. The number of ether oxygens (including phenoxy) is 2. The lowest BCUT2D eigenvalue weighted by Gasteiger charge is -2.46. The Kier molecular flexibility index (Phi) is 11.9. The van der Waals surface area contributed by atoms with Crippen molar-refractivity contribution in [3.05, 3.63) is 94.7 Å². The molecule has 5 atom stereocenters. The number of carbonyl (C=O) groups excluding carboxylic acids is 2. The third-order valence-corrected chi connectivity index (χ3v) is 10.2. The van der Waals surface area contributed by atoms with Crippen LogP contribution in [-0.2, 0) is 19.1 Å². The molecule has 2 aliphatic carbocycles. The fourth-order valence-corrected chi connectivity index (χ4v) is 7.82. The SMILES string of the molecule is CC(=O)O[C@H]1CC(C)(C)C(=C/C(C)=C/C=C/C(C)=C/C=C/C=C(C)/C=C/C=C(\C)C(=O)C[C@@]23O[C@]2(C)C[C@@H](O)CC3(C)C)[C@](C)(O)C1. The molecule has 3 rings (SSSR count). The third kappa shape index (κ3) is 9.52. The molecule has 3 aliphatic rings. The highest BCUT2D eigenvalue weighted by molar-refractivity contribution is 5.96. The molecule has 0 unspecified atom stereocenters. The van der Waals surface area contributed by atoms with Gasteiger partial charge in [0.2, 0.25) is 0 Å². The zero-order valence-electron chi connectivity index (χ0n) is 30.6. The van der Waals surface area contributed by atoms with Gasteiger partial charge in [-0.05, 0) is 76.4 Å². The first-order chi connectivity index (χ1) is 21.6. The molecule has 0 aromatic carbocycles. The number of fused-ring (bicyclic) bond motifs is 1. The fourth-order valence-electron chi connectivity index (χ4n) is 7.82. The normalized spacial score (nSPS) is 33.9. The second-order valence-electron chi connectivity index (χ2n) is 15.7. The third-order valence-electron chi connectivity index (χ3n) is 10.2. The molecule has 3 fully saturated rings. The number of carbonyl (C=O) groups is 2. The topological polar surface area (TPSA) is 96.4 Å². The maximum Gasteiger partial charge on any atom is 0.302 e. The van der Waals surface area contributed by atoms with Crippen molar-refractivity contribution in [1.29, 1.82) is 0 Å². The summed E-state index contributed by atoms with van der Waals surface area (Å²) in [6.07, 6.45) is 23.9. The van der Waals surface area contributed by atoms with Gasteiger partial charge < -0.3 is 19.7 Å². The standard InChI is InChI=1S/C41H58O6/c1-28(18-14-20-30(3)22-36-37(6,7)25-34(46-32(5)42)26-39(36,10)45)16-12-13-17-29(2)19-15-21-31(4)35(44)27-41-38(8,9)23-33(43)24-40(41,11)47-41/h12-22,33-34,43,45H,23-27H2,1-11H3/b13-12+,18-14+,19-15+,28-16+,29-17+,30-20+,31-21+,36-22?/t33-,34-,39+,40+,41-/m0/s1. The number of hydrogen-bond acceptors (Lipinski definition) is 6. The van der Waals surface area contributed by atoms with Crippen LogP contribution in [-0.4, -0.2) is 51.0 Å². The molecule has 0 radical (unpaired) electrons. The van der Waals surface area contributed by atoms with E-state index in [1.165, 1.54) is 6.92 Å². The molecule has 0 aromatic rings. The molecule has 0 amide bonds. The number of aliphatic hydroxyl groups is 2. The van der Waals surface area contributed by atoms with E-state index in [1.807, 2.05) is 95.4 Å². The lowest BCUT2D eigenvalue weighted by molar-refractivity contribution is -0.152. The lowest BCUT2D eigenvalue weighted by atomic mass is 9.61. The van der Waals surface area contributed by atoms with E-state index >= 15 is 0 Å². The Bertz CT molecular complexity index is 1440. The number of Topliss-reactive ketones (excluding diaryl/α,β-unsaturated/α-hetero) is 1. The lowest BCUT2D eigenvalue weighted by Crippen LogP contribution is -2.48. The van der Waals surface area contributed by atoms with E-state index in [-0.39, 0.29) is 34.8 Å². The van der Waals surface area contributed by atoms with Crippen molar-refractivity contribution in [3.63, 3.8) is 0 Å². The molecule has 0 spiro atoms. The van der Waals surface area contributed by atoms with Crippen molar-refractivity contribution in [2.75, 3.05) is 0 Å². The van der Waals surface area contributed by atoms with Crippen molar-refractivity contribution in [2.45, 2.75) is 137 Å². The second kappa shape index (κ2) is 14.6. The van der Waals surface area contributed by atoms with Crippen LogP contribution in [0.1, 0.15) is 108 Å².